The highest BCUT2D eigenvalue weighted by molar-refractivity contribution is 5.54. The lowest BCUT2D eigenvalue weighted by atomic mass is 10.2. The largest absolute Gasteiger partial charge is 0.573 e. The van der Waals surface area contributed by atoms with Crippen molar-refractivity contribution in [3.05, 3.63) is 22.1 Å². The van der Waals surface area contributed by atoms with E-state index < -0.39 is 24.2 Å². The Balaban J connectivity index is 3.26. The fourth-order valence-electron chi connectivity index (χ4n) is 0.995. The van der Waals surface area contributed by atoms with Crippen molar-refractivity contribution in [3.63, 3.8) is 0 Å². The first-order chi connectivity index (χ1) is 6.85. The van der Waals surface area contributed by atoms with Gasteiger partial charge in [0.25, 0.3) is 5.56 Å². The SMILES string of the molecule is NCc1c(OC(F)(F)F)c(N)c[nH]c1=O. The Morgan fingerprint density at radius 1 is 1.47 bits per heavy atom. The molecule has 5 nitrogen and oxygen atoms in total. The molecular formula is C7H8F3N3O2. The van der Waals surface area contributed by atoms with E-state index in [-0.39, 0.29) is 11.3 Å². The number of aromatic amines is 1. The van der Waals surface area contributed by atoms with Gasteiger partial charge in [0.1, 0.15) is 0 Å². The molecule has 0 aliphatic rings. The average molecular weight is 223 g/mol. The van der Waals surface area contributed by atoms with Crippen LogP contribution < -0.4 is 21.8 Å². The molecule has 0 amide bonds. The number of nitrogens with one attached hydrogen (secondary N) is 1. The van der Waals surface area contributed by atoms with Crippen molar-refractivity contribution < 1.29 is 17.9 Å². The van der Waals surface area contributed by atoms with Crippen LogP contribution in [0.3, 0.4) is 0 Å². The minimum Gasteiger partial charge on any atom is -0.403 e. The second kappa shape index (κ2) is 3.81. The van der Waals surface area contributed by atoms with Gasteiger partial charge in [0.05, 0.1) is 11.3 Å². The predicted octanol–water partition coefficient (Wildman–Crippen LogP) is 0.314. The van der Waals surface area contributed by atoms with Crippen molar-refractivity contribution >= 4 is 5.69 Å². The number of H-pyrrole nitrogens is 1. The second-order valence-corrected chi connectivity index (χ2v) is 2.63. The maximum Gasteiger partial charge on any atom is 0.573 e. The molecule has 15 heavy (non-hydrogen) atoms. The number of pyridine rings is 1. The zero-order valence-electron chi connectivity index (χ0n) is 7.39. The number of nitrogen functional groups attached to an aromatic ring is 1. The Hall–Kier alpha value is -1.70. The van der Waals surface area contributed by atoms with E-state index in [0.717, 1.165) is 6.20 Å². The molecule has 0 aliphatic heterocycles. The minimum atomic E-state index is -4.91. The van der Waals surface area contributed by atoms with Crippen LogP contribution in [0, 0.1) is 0 Å². The van der Waals surface area contributed by atoms with Crippen LogP contribution in [-0.2, 0) is 6.54 Å². The van der Waals surface area contributed by atoms with Gasteiger partial charge in [0, 0.05) is 12.7 Å². The monoisotopic (exact) mass is 223 g/mol. The Morgan fingerprint density at radius 2 is 2.07 bits per heavy atom. The zero-order valence-corrected chi connectivity index (χ0v) is 7.39. The number of anilines is 1. The Labute approximate surface area is 81.8 Å². The van der Waals surface area contributed by atoms with Crippen LogP contribution in [0.1, 0.15) is 5.56 Å². The van der Waals surface area contributed by atoms with Crippen LogP contribution in [0.15, 0.2) is 11.0 Å². The second-order valence-electron chi connectivity index (χ2n) is 2.63. The number of hydrogen-bond acceptors (Lipinski definition) is 4. The Bertz CT molecular complexity index is 413. The van der Waals surface area contributed by atoms with Crippen molar-refractivity contribution in [2.75, 3.05) is 5.73 Å². The molecule has 0 unspecified atom stereocenters. The summed E-state index contributed by atoms with van der Waals surface area (Å²) in [6.07, 6.45) is -3.99. The van der Waals surface area contributed by atoms with E-state index in [9.17, 15) is 18.0 Å². The highest BCUT2D eigenvalue weighted by Crippen LogP contribution is 2.29. The average Bonchev–Trinajstić information content (AvgIpc) is 2.10. The number of alkyl halides is 3. The number of ether oxygens (including phenoxy) is 1. The van der Waals surface area contributed by atoms with Gasteiger partial charge in [-0.1, -0.05) is 0 Å². The molecule has 0 saturated carbocycles. The molecule has 5 N–H and O–H groups in total. The summed E-state index contributed by atoms with van der Waals surface area (Å²) in [5.74, 6) is -0.742. The summed E-state index contributed by atoms with van der Waals surface area (Å²) in [5, 5.41) is 0. The lowest BCUT2D eigenvalue weighted by Crippen LogP contribution is -2.24. The molecule has 0 spiro atoms. The van der Waals surface area contributed by atoms with Gasteiger partial charge in [-0.3, -0.25) is 4.79 Å². The van der Waals surface area contributed by atoms with E-state index in [1.54, 1.807) is 0 Å². The van der Waals surface area contributed by atoms with E-state index in [1.165, 1.54) is 0 Å². The van der Waals surface area contributed by atoms with Crippen molar-refractivity contribution in [3.8, 4) is 5.75 Å². The first-order valence-corrected chi connectivity index (χ1v) is 3.81. The quantitative estimate of drug-likeness (QED) is 0.672. The summed E-state index contributed by atoms with van der Waals surface area (Å²) in [6, 6.07) is 0. The van der Waals surface area contributed by atoms with Crippen LogP contribution in [0.2, 0.25) is 0 Å². The standard InChI is InChI=1S/C7H8F3N3O2/c8-7(9,10)15-5-3(1-11)6(14)13-2-4(5)12/h2H,1,11-12H2,(H,13,14). The summed E-state index contributed by atoms with van der Waals surface area (Å²) in [4.78, 5) is 13.2. The summed E-state index contributed by atoms with van der Waals surface area (Å²) >= 11 is 0. The first-order valence-electron chi connectivity index (χ1n) is 3.81. The van der Waals surface area contributed by atoms with Crippen LogP contribution in [0.25, 0.3) is 0 Å². The molecule has 8 heteroatoms. The minimum absolute atomic E-state index is 0.327. The van der Waals surface area contributed by atoms with E-state index in [1.807, 2.05) is 0 Å². The van der Waals surface area contributed by atoms with E-state index in [4.69, 9.17) is 11.5 Å². The molecule has 0 bridgehead atoms. The van der Waals surface area contributed by atoms with E-state index in [0.29, 0.717) is 0 Å². The molecule has 0 aliphatic carbocycles. The van der Waals surface area contributed by atoms with Gasteiger partial charge in [-0.25, -0.2) is 0 Å². The maximum absolute atomic E-state index is 11.9. The number of nitrogens with two attached hydrogens (primary N) is 2. The highest BCUT2D eigenvalue weighted by atomic mass is 19.4. The van der Waals surface area contributed by atoms with Crippen molar-refractivity contribution in [1.29, 1.82) is 0 Å². The topological polar surface area (TPSA) is 94.1 Å². The molecular weight excluding hydrogens is 215 g/mol. The van der Waals surface area contributed by atoms with Gasteiger partial charge in [-0.2, -0.15) is 0 Å². The van der Waals surface area contributed by atoms with E-state index >= 15 is 0 Å². The van der Waals surface area contributed by atoms with Crippen molar-refractivity contribution in [2.24, 2.45) is 5.73 Å². The summed E-state index contributed by atoms with van der Waals surface area (Å²) in [6.45, 7) is -0.397. The first kappa shape index (κ1) is 11.4. The third-order valence-corrected chi connectivity index (χ3v) is 1.59. The zero-order chi connectivity index (χ0) is 11.6. The van der Waals surface area contributed by atoms with Gasteiger partial charge in [0.15, 0.2) is 5.75 Å². The normalized spacial score (nSPS) is 11.5. The van der Waals surface area contributed by atoms with Crippen molar-refractivity contribution in [2.45, 2.75) is 12.9 Å². The molecule has 1 heterocycles. The van der Waals surface area contributed by atoms with Gasteiger partial charge < -0.3 is 21.2 Å². The molecule has 0 saturated heterocycles. The Kier molecular flexibility index (Phi) is 2.89. The molecule has 0 fully saturated rings. The van der Waals surface area contributed by atoms with Crippen LogP contribution >= 0.6 is 0 Å². The lowest BCUT2D eigenvalue weighted by molar-refractivity contribution is -0.274. The molecule has 0 aromatic carbocycles. The Morgan fingerprint density at radius 3 is 2.53 bits per heavy atom. The van der Waals surface area contributed by atoms with Gasteiger partial charge in [0.2, 0.25) is 0 Å². The third-order valence-electron chi connectivity index (χ3n) is 1.59. The fourth-order valence-corrected chi connectivity index (χ4v) is 0.995. The summed E-state index contributed by atoms with van der Waals surface area (Å²) in [7, 11) is 0. The number of halogens is 3. The number of rotatable bonds is 2. The van der Waals surface area contributed by atoms with E-state index in [2.05, 4.69) is 9.72 Å². The lowest BCUT2D eigenvalue weighted by Gasteiger charge is -2.13. The van der Waals surface area contributed by atoms with Crippen LogP contribution in [-0.4, -0.2) is 11.3 Å². The smallest absolute Gasteiger partial charge is 0.403 e. The summed E-state index contributed by atoms with van der Waals surface area (Å²) < 4.78 is 39.4. The molecule has 0 atom stereocenters. The molecule has 1 aromatic heterocycles. The third kappa shape index (κ3) is 2.62. The summed E-state index contributed by atoms with van der Waals surface area (Å²) in [5.41, 5.74) is 8.91. The van der Waals surface area contributed by atoms with Gasteiger partial charge >= 0.3 is 6.36 Å². The highest BCUT2D eigenvalue weighted by Gasteiger charge is 2.33. The molecule has 0 radical (unpaired) electrons. The molecule has 84 valence electrons. The van der Waals surface area contributed by atoms with Crippen LogP contribution in [0.5, 0.6) is 5.75 Å². The van der Waals surface area contributed by atoms with Crippen LogP contribution in [0.4, 0.5) is 18.9 Å². The predicted molar refractivity (Wildman–Crippen MR) is 46.0 cm³/mol. The maximum atomic E-state index is 11.9. The number of aromatic nitrogens is 1. The van der Waals surface area contributed by atoms with Crippen molar-refractivity contribution in [1.82, 2.24) is 4.98 Å². The van der Waals surface area contributed by atoms with Gasteiger partial charge in [-0.15, -0.1) is 13.2 Å². The number of hydrogen-bond donors (Lipinski definition) is 3. The molecule has 1 aromatic rings. The van der Waals surface area contributed by atoms with Gasteiger partial charge in [-0.05, 0) is 0 Å². The molecule has 1 rings (SSSR count). The fraction of sp³-hybridized carbons (Fsp3) is 0.286.